The molecule has 3 aliphatic heterocycles. The molecule has 0 saturated carbocycles. The van der Waals surface area contributed by atoms with Gasteiger partial charge < -0.3 is 14.5 Å². The minimum Gasteiger partial charge on any atom is -0.353 e. The van der Waals surface area contributed by atoms with Gasteiger partial charge in [0, 0.05) is 50.1 Å². The first kappa shape index (κ1) is 23.5. The molecule has 3 aliphatic rings. The molecule has 3 amide bonds. The van der Waals surface area contributed by atoms with Crippen LogP contribution in [0, 0.1) is 12.7 Å². The van der Waals surface area contributed by atoms with Crippen LogP contribution in [0.25, 0.3) is 0 Å². The van der Waals surface area contributed by atoms with Gasteiger partial charge in [0.05, 0.1) is 6.61 Å². The summed E-state index contributed by atoms with van der Waals surface area (Å²) >= 11 is 0. The second-order valence-corrected chi connectivity index (χ2v) is 9.60. The Morgan fingerprint density at radius 3 is 2.31 bits per heavy atom. The predicted octanol–water partition coefficient (Wildman–Crippen LogP) is 3.23. The number of rotatable bonds is 3. The highest BCUT2D eigenvalue weighted by Crippen LogP contribution is 2.39. The molecule has 1 unspecified atom stereocenters. The second-order valence-electron chi connectivity index (χ2n) is 9.60. The van der Waals surface area contributed by atoms with Gasteiger partial charge in [-0.2, -0.15) is 0 Å². The van der Waals surface area contributed by atoms with E-state index in [2.05, 4.69) is 0 Å². The molecule has 0 aromatic heterocycles. The summed E-state index contributed by atoms with van der Waals surface area (Å²) in [5.41, 5.74) is 0.724. The number of halogens is 1. The average molecular weight is 480 g/mol. The molecule has 35 heavy (non-hydrogen) atoms. The number of nitrogens with zero attached hydrogens (tertiary/aromatic N) is 3. The van der Waals surface area contributed by atoms with E-state index < -0.39 is 17.6 Å². The third kappa shape index (κ3) is 4.31. The van der Waals surface area contributed by atoms with Crippen LogP contribution < -0.4 is 0 Å². The van der Waals surface area contributed by atoms with E-state index in [0.29, 0.717) is 50.1 Å². The van der Waals surface area contributed by atoms with E-state index in [1.807, 2.05) is 30.0 Å². The van der Waals surface area contributed by atoms with Crippen LogP contribution in [0.5, 0.6) is 0 Å². The Hall–Kier alpha value is -3.26. The van der Waals surface area contributed by atoms with Crippen molar-refractivity contribution in [2.45, 2.75) is 44.4 Å². The van der Waals surface area contributed by atoms with Crippen LogP contribution in [0.2, 0.25) is 0 Å². The molecular weight excluding hydrogens is 449 g/mol. The lowest BCUT2D eigenvalue weighted by Gasteiger charge is -2.45. The van der Waals surface area contributed by atoms with Crippen LogP contribution in [-0.2, 0) is 9.53 Å². The van der Waals surface area contributed by atoms with Crippen molar-refractivity contribution >= 4 is 17.7 Å². The Morgan fingerprint density at radius 2 is 1.63 bits per heavy atom. The molecule has 3 saturated heterocycles. The molecule has 0 bridgehead atoms. The van der Waals surface area contributed by atoms with Gasteiger partial charge in [0.2, 0.25) is 5.91 Å². The third-order valence-corrected chi connectivity index (χ3v) is 7.46. The number of aryl methyl sites for hydroxylation is 1. The number of amides is 3. The zero-order valence-electron chi connectivity index (χ0n) is 19.9. The molecule has 2 aromatic rings. The Morgan fingerprint density at radius 1 is 0.914 bits per heavy atom. The average Bonchev–Trinajstić information content (AvgIpc) is 3.53. The summed E-state index contributed by atoms with van der Waals surface area (Å²) in [6.45, 7) is 4.11. The van der Waals surface area contributed by atoms with Gasteiger partial charge in [-0.25, -0.2) is 4.39 Å². The lowest BCUT2D eigenvalue weighted by atomic mass is 9.95. The van der Waals surface area contributed by atoms with Crippen LogP contribution >= 0.6 is 0 Å². The van der Waals surface area contributed by atoms with Crippen LogP contribution in [-0.4, -0.2) is 77.0 Å². The molecule has 7 nitrogen and oxygen atoms in total. The van der Waals surface area contributed by atoms with E-state index in [1.165, 1.54) is 18.2 Å². The van der Waals surface area contributed by atoms with E-state index in [-0.39, 0.29) is 24.3 Å². The lowest BCUT2D eigenvalue weighted by molar-refractivity contribution is -0.136. The fourth-order valence-corrected chi connectivity index (χ4v) is 5.51. The van der Waals surface area contributed by atoms with E-state index in [4.69, 9.17) is 4.74 Å². The van der Waals surface area contributed by atoms with Crippen LogP contribution in [0.15, 0.2) is 48.5 Å². The molecule has 0 N–H and O–H groups in total. The summed E-state index contributed by atoms with van der Waals surface area (Å²) in [5, 5.41) is 0. The number of hydrogen-bond donors (Lipinski definition) is 0. The zero-order chi connectivity index (χ0) is 24.6. The molecule has 1 spiro atoms. The molecule has 5 rings (SSSR count). The van der Waals surface area contributed by atoms with Gasteiger partial charge in [0.25, 0.3) is 11.8 Å². The van der Waals surface area contributed by atoms with E-state index in [9.17, 15) is 18.8 Å². The minimum absolute atomic E-state index is 0.0698. The topological polar surface area (TPSA) is 70.2 Å². The summed E-state index contributed by atoms with van der Waals surface area (Å²) in [5.74, 6) is -0.997. The number of hydrogen-bond acceptors (Lipinski definition) is 4. The Balaban J connectivity index is 1.41. The van der Waals surface area contributed by atoms with Crippen molar-refractivity contribution in [2.75, 3.05) is 32.8 Å². The van der Waals surface area contributed by atoms with Gasteiger partial charge in [-0.05, 0) is 49.6 Å². The number of benzene rings is 2. The SMILES string of the molecule is Cc1ccccc1C(=O)N1C(C(=O)N2CCCC2)COC12CCN(C(=O)c1cccc(F)c1)CC2. The van der Waals surface area contributed by atoms with Crippen molar-refractivity contribution < 1.29 is 23.5 Å². The van der Waals surface area contributed by atoms with Gasteiger partial charge >= 0.3 is 0 Å². The Labute approximate surface area is 204 Å². The molecule has 8 heteroatoms. The molecular formula is C27H30FN3O4. The van der Waals surface area contributed by atoms with Crippen molar-refractivity contribution in [1.29, 1.82) is 0 Å². The Bertz CT molecular complexity index is 1140. The number of carbonyl (C=O) groups excluding carboxylic acids is 3. The van der Waals surface area contributed by atoms with Crippen LogP contribution in [0.1, 0.15) is 52.0 Å². The summed E-state index contributed by atoms with van der Waals surface area (Å²) in [7, 11) is 0. The quantitative estimate of drug-likeness (QED) is 0.678. The van der Waals surface area contributed by atoms with Crippen molar-refractivity contribution in [2.24, 2.45) is 0 Å². The summed E-state index contributed by atoms with van der Waals surface area (Å²) in [6.07, 6.45) is 2.70. The maximum Gasteiger partial charge on any atom is 0.257 e. The molecule has 0 aliphatic carbocycles. The molecule has 184 valence electrons. The molecule has 0 radical (unpaired) electrons. The highest BCUT2D eigenvalue weighted by molar-refractivity contribution is 5.99. The summed E-state index contributed by atoms with van der Waals surface area (Å²) in [6, 6.07) is 12.3. The fourth-order valence-electron chi connectivity index (χ4n) is 5.51. The van der Waals surface area contributed by atoms with Gasteiger partial charge in [-0.15, -0.1) is 0 Å². The highest BCUT2D eigenvalue weighted by Gasteiger charge is 2.55. The molecule has 3 fully saturated rings. The van der Waals surface area contributed by atoms with E-state index >= 15 is 0 Å². The first-order valence-electron chi connectivity index (χ1n) is 12.3. The van der Waals surface area contributed by atoms with Gasteiger partial charge in [0.15, 0.2) is 0 Å². The highest BCUT2D eigenvalue weighted by atomic mass is 19.1. The maximum atomic E-state index is 13.9. The maximum absolute atomic E-state index is 13.9. The third-order valence-electron chi connectivity index (χ3n) is 7.46. The number of piperidine rings is 1. The minimum atomic E-state index is -0.960. The van der Waals surface area contributed by atoms with Crippen molar-refractivity contribution in [3.8, 4) is 0 Å². The largest absolute Gasteiger partial charge is 0.353 e. The fraction of sp³-hybridized carbons (Fsp3) is 0.444. The predicted molar refractivity (Wildman–Crippen MR) is 127 cm³/mol. The van der Waals surface area contributed by atoms with Gasteiger partial charge in [-0.1, -0.05) is 24.3 Å². The molecule has 3 heterocycles. The Kier molecular flexibility index (Phi) is 6.32. The molecule has 1 atom stereocenters. The normalized spacial score (nSPS) is 21.5. The summed E-state index contributed by atoms with van der Waals surface area (Å²) in [4.78, 5) is 45.4. The zero-order valence-corrected chi connectivity index (χ0v) is 19.9. The van der Waals surface area contributed by atoms with Crippen LogP contribution in [0.4, 0.5) is 4.39 Å². The number of carbonyl (C=O) groups is 3. The van der Waals surface area contributed by atoms with Crippen LogP contribution in [0.3, 0.4) is 0 Å². The monoisotopic (exact) mass is 479 g/mol. The van der Waals surface area contributed by atoms with Gasteiger partial charge in [0.1, 0.15) is 17.6 Å². The summed E-state index contributed by atoms with van der Waals surface area (Å²) < 4.78 is 19.9. The number of ether oxygens (including phenoxy) is 1. The van der Waals surface area contributed by atoms with Crippen molar-refractivity contribution in [3.63, 3.8) is 0 Å². The van der Waals surface area contributed by atoms with E-state index in [1.54, 1.807) is 21.9 Å². The van der Waals surface area contributed by atoms with Gasteiger partial charge in [-0.3, -0.25) is 19.3 Å². The standard InChI is InChI=1S/C27H30FN3O4/c1-19-7-2-3-10-22(19)25(33)31-23(26(34)29-13-4-5-14-29)18-35-27(31)11-15-30(16-12-27)24(32)20-8-6-9-21(28)17-20/h2-3,6-10,17,23H,4-5,11-16,18H2,1H3. The van der Waals surface area contributed by atoms with E-state index in [0.717, 1.165) is 18.4 Å². The van der Waals surface area contributed by atoms with Crippen molar-refractivity contribution in [1.82, 2.24) is 14.7 Å². The number of likely N-dealkylation sites (tertiary alicyclic amines) is 2. The smallest absolute Gasteiger partial charge is 0.257 e. The molecule has 2 aromatic carbocycles. The first-order valence-corrected chi connectivity index (χ1v) is 12.3. The lowest BCUT2D eigenvalue weighted by Crippen LogP contribution is -2.60. The second kappa shape index (κ2) is 9.41. The first-order chi connectivity index (χ1) is 16.9. The van der Waals surface area contributed by atoms with Crippen molar-refractivity contribution in [3.05, 3.63) is 71.0 Å².